The molecule has 6 heteroatoms. The smallest absolute Gasteiger partial charge is 0.209 e. The average Bonchev–Trinajstić information content (AvgIpc) is 2.43. The molecule has 1 aliphatic rings. The van der Waals surface area contributed by atoms with Crippen LogP contribution < -0.4 is 10.5 Å². The van der Waals surface area contributed by atoms with Gasteiger partial charge in [-0.3, -0.25) is 4.40 Å². The first-order valence-electron chi connectivity index (χ1n) is 5.01. The van der Waals surface area contributed by atoms with E-state index in [4.69, 9.17) is 11.6 Å². The standard InChI is InChI=1S/C9H10BClN4/c10-7-6-8(11)12-2-5-15(6)9(13-7)14-3-1-4-14/h2,5H,1,3-4,10H2. The van der Waals surface area contributed by atoms with Crippen molar-refractivity contribution in [2.75, 3.05) is 18.0 Å². The molecule has 0 aliphatic carbocycles. The molecule has 0 unspecified atom stereocenters. The summed E-state index contributed by atoms with van der Waals surface area (Å²) in [5.41, 5.74) is 1.86. The number of imidazole rings is 1. The minimum absolute atomic E-state index is 0.522. The van der Waals surface area contributed by atoms with Crippen LogP contribution in [-0.4, -0.2) is 35.3 Å². The summed E-state index contributed by atoms with van der Waals surface area (Å²) in [6.45, 7) is 2.16. The molecular formula is C9H10BClN4. The minimum Gasteiger partial charge on any atom is -0.342 e. The predicted octanol–water partition coefficient (Wildman–Crippen LogP) is -0.149. The van der Waals surface area contributed by atoms with Gasteiger partial charge in [-0.1, -0.05) is 11.6 Å². The molecule has 3 rings (SSSR count). The lowest BCUT2D eigenvalue weighted by Gasteiger charge is -2.31. The van der Waals surface area contributed by atoms with Crippen LogP contribution in [0.4, 0.5) is 5.95 Å². The molecule has 1 saturated heterocycles. The molecule has 1 aliphatic heterocycles. The molecule has 0 radical (unpaired) electrons. The Morgan fingerprint density at radius 2 is 2.20 bits per heavy atom. The van der Waals surface area contributed by atoms with Gasteiger partial charge in [0.25, 0.3) is 0 Å². The quantitative estimate of drug-likeness (QED) is 0.627. The molecule has 0 aromatic carbocycles. The van der Waals surface area contributed by atoms with Gasteiger partial charge in [0.05, 0.1) is 5.52 Å². The van der Waals surface area contributed by atoms with Gasteiger partial charge in [0.15, 0.2) is 13.0 Å². The van der Waals surface area contributed by atoms with Crippen molar-refractivity contribution in [2.45, 2.75) is 6.42 Å². The third-order valence-electron chi connectivity index (χ3n) is 2.80. The largest absolute Gasteiger partial charge is 0.342 e. The zero-order chi connectivity index (χ0) is 10.4. The first kappa shape index (κ1) is 9.03. The molecule has 0 amide bonds. The highest BCUT2D eigenvalue weighted by molar-refractivity contribution is 6.41. The molecule has 0 atom stereocenters. The van der Waals surface area contributed by atoms with Crippen molar-refractivity contribution in [1.29, 1.82) is 0 Å². The molecule has 0 bridgehead atoms. The minimum atomic E-state index is 0.522. The van der Waals surface area contributed by atoms with Gasteiger partial charge in [-0.2, -0.15) is 0 Å². The third kappa shape index (κ3) is 1.23. The van der Waals surface area contributed by atoms with Crippen LogP contribution in [0.15, 0.2) is 12.4 Å². The van der Waals surface area contributed by atoms with Crippen molar-refractivity contribution in [2.24, 2.45) is 0 Å². The summed E-state index contributed by atoms with van der Waals surface area (Å²) < 4.78 is 2.02. The molecule has 0 saturated carbocycles. The maximum Gasteiger partial charge on any atom is 0.209 e. The summed E-state index contributed by atoms with van der Waals surface area (Å²) >= 11 is 6.05. The molecule has 0 spiro atoms. The Balaban J connectivity index is 2.27. The van der Waals surface area contributed by atoms with Crippen molar-refractivity contribution in [3.05, 3.63) is 17.5 Å². The zero-order valence-electron chi connectivity index (χ0n) is 8.44. The molecule has 2 aromatic rings. The second-order valence-corrected chi connectivity index (χ2v) is 4.13. The van der Waals surface area contributed by atoms with Crippen molar-refractivity contribution in [1.82, 2.24) is 14.4 Å². The van der Waals surface area contributed by atoms with E-state index in [2.05, 4.69) is 14.9 Å². The topological polar surface area (TPSA) is 33.4 Å². The Kier molecular flexibility index (Phi) is 1.89. The number of hydrogen-bond acceptors (Lipinski definition) is 3. The van der Waals surface area contributed by atoms with Crippen LogP contribution >= 0.6 is 11.6 Å². The van der Waals surface area contributed by atoms with E-state index in [1.165, 1.54) is 6.42 Å². The molecule has 76 valence electrons. The fourth-order valence-corrected chi connectivity index (χ4v) is 2.17. The van der Waals surface area contributed by atoms with E-state index in [1.807, 2.05) is 18.4 Å². The maximum absolute atomic E-state index is 6.05. The van der Waals surface area contributed by atoms with Gasteiger partial charge in [0.2, 0.25) is 5.95 Å². The molecule has 15 heavy (non-hydrogen) atoms. The first-order valence-corrected chi connectivity index (χ1v) is 5.39. The summed E-state index contributed by atoms with van der Waals surface area (Å²) in [6, 6.07) is 0. The second-order valence-electron chi connectivity index (χ2n) is 3.77. The number of halogens is 1. The summed E-state index contributed by atoms with van der Waals surface area (Å²) in [5.74, 6) is 0.984. The molecule has 4 nitrogen and oxygen atoms in total. The van der Waals surface area contributed by atoms with Gasteiger partial charge >= 0.3 is 0 Å². The SMILES string of the molecule is Bc1nc(N2CCC2)n2ccnc(Cl)c12. The van der Waals surface area contributed by atoms with E-state index in [0.717, 1.165) is 30.1 Å². The van der Waals surface area contributed by atoms with Crippen LogP contribution in [-0.2, 0) is 0 Å². The predicted molar refractivity (Wildman–Crippen MR) is 63.0 cm³/mol. The monoisotopic (exact) mass is 220 g/mol. The van der Waals surface area contributed by atoms with E-state index in [0.29, 0.717) is 5.15 Å². The molecule has 2 aromatic heterocycles. The van der Waals surface area contributed by atoms with E-state index in [1.54, 1.807) is 6.20 Å². The number of aromatic nitrogens is 3. The van der Waals surface area contributed by atoms with Gasteiger partial charge in [-0.05, 0) is 6.42 Å². The van der Waals surface area contributed by atoms with E-state index in [-0.39, 0.29) is 0 Å². The molecule has 3 heterocycles. The zero-order valence-corrected chi connectivity index (χ0v) is 9.20. The van der Waals surface area contributed by atoms with Crippen LogP contribution in [0.2, 0.25) is 5.15 Å². The summed E-state index contributed by atoms with van der Waals surface area (Å²) in [7, 11) is 1.96. The highest BCUT2D eigenvalue weighted by Gasteiger charge is 2.21. The molecular weight excluding hydrogens is 210 g/mol. The fraction of sp³-hybridized carbons (Fsp3) is 0.333. The average molecular weight is 220 g/mol. The normalized spacial score (nSPS) is 15.7. The Morgan fingerprint density at radius 1 is 1.40 bits per heavy atom. The Morgan fingerprint density at radius 3 is 2.87 bits per heavy atom. The van der Waals surface area contributed by atoms with Gasteiger partial charge in [-0.25, -0.2) is 9.97 Å². The Labute approximate surface area is 93.3 Å². The lowest BCUT2D eigenvalue weighted by atomic mass is 10.0. The molecule has 0 N–H and O–H groups in total. The number of rotatable bonds is 1. The summed E-state index contributed by atoms with van der Waals surface area (Å²) in [6.07, 6.45) is 4.86. The van der Waals surface area contributed by atoms with Gasteiger partial charge in [0.1, 0.15) is 0 Å². The molecule has 1 fully saturated rings. The third-order valence-corrected chi connectivity index (χ3v) is 3.08. The highest BCUT2D eigenvalue weighted by Crippen LogP contribution is 2.21. The van der Waals surface area contributed by atoms with Crippen molar-refractivity contribution in [3.63, 3.8) is 0 Å². The maximum atomic E-state index is 6.05. The van der Waals surface area contributed by atoms with Crippen molar-refractivity contribution >= 4 is 36.5 Å². The van der Waals surface area contributed by atoms with E-state index < -0.39 is 0 Å². The van der Waals surface area contributed by atoms with Crippen LogP contribution in [0, 0.1) is 0 Å². The van der Waals surface area contributed by atoms with Crippen LogP contribution in [0.1, 0.15) is 6.42 Å². The van der Waals surface area contributed by atoms with Crippen molar-refractivity contribution in [3.8, 4) is 0 Å². The number of hydrogen-bond donors (Lipinski definition) is 0. The second kappa shape index (κ2) is 3.13. The van der Waals surface area contributed by atoms with E-state index in [9.17, 15) is 0 Å². The van der Waals surface area contributed by atoms with Crippen LogP contribution in [0.5, 0.6) is 0 Å². The van der Waals surface area contributed by atoms with Gasteiger partial charge in [-0.15, -0.1) is 0 Å². The lowest BCUT2D eigenvalue weighted by Crippen LogP contribution is -2.38. The van der Waals surface area contributed by atoms with Gasteiger partial charge < -0.3 is 4.90 Å². The first-order chi connectivity index (χ1) is 7.27. The number of fused-ring (bicyclic) bond motifs is 1. The number of nitrogens with zero attached hydrogens (tertiary/aromatic N) is 4. The van der Waals surface area contributed by atoms with Crippen LogP contribution in [0.3, 0.4) is 0 Å². The summed E-state index contributed by atoms with van der Waals surface area (Å²) in [5, 5.41) is 0.522. The fourth-order valence-electron chi connectivity index (χ4n) is 1.89. The highest BCUT2D eigenvalue weighted by atomic mass is 35.5. The van der Waals surface area contributed by atoms with Crippen molar-refractivity contribution < 1.29 is 0 Å². The van der Waals surface area contributed by atoms with E-state index >= 15 is 0 Å². The van der Waals surface area contributed by atoms with Crippen LogP contribution in [0.25, 0.3) is 5.52 Å². The Hall–Kier alpha value is -1.23. The number of anilines is 1. The Bertz CT molecular complexity index is 520. The lowest BCUT2D eigenvalue weighted by molar-refractivity contribution is 0.599. The van der Waals surface area contributed by atoms with Gasteiger partial charge in [0, 0.05) is 31.1 Å². The summed E-state index contributed by atoms with van der Waals surface area (Å²) in [4.78, 5) is 10.9.